The van der Waals surface area contributed by atoms with Crippen LogP contribution >= 0.6 is 11.8 Å². The number of carbonyl (C=O) groups is 3. The zero-order valence-corrected chi connectivity index (χ0v) is 18.1. The molecule has 1 aliphatic heterocycles. The van der Waals surface area contributed by atoms with Gasteiger partial charge in [0, 0.05) is 29.1 Å². The largest absolute Gasteiger partial charge is 0.341 e. The number of benzene rings is 1. The Hall–Kier alpha value is -2.67. The molecule has 1 atom stereocenters. The first kappa shape index (κ1) is 20.6. The lowest BCUT2D eigenvalue weighted by atomic mass is 9.75. The van der Waals surface area contributed by atoms with Crippen molar-refractivity contribution in [1.29, 1.82) is 0 Å². The average molecular weight is 425 g/mol. The van der Waals surface area contributed by atoms with Gasteiger partial charge in [0.1, 0.15) is 5.56 Å². The van der Waals surface area contributed by atoms with Crippen LogP contribution < -0.4 is 10.9 Å². The lowest BCUT2D eigenvalue weighted by Crippen LogP contribution is -2.42. The minimum Gasteiger partial charge on any atom is -0.341 e. The van der Waals surface area contributed by atoms with Gasteiger partial charge in [-0.1, -0.05) is 43.3 Å². The standard InChI is InChI=1S/C23H24N2O4S/c1-13-4-6-14(7-5-13)25-18-11-23(2,3)12-19(26)15(18)10-16(21(25)28)20(27)24-17-8-9-30-22(17)29/h4-7,10,17H,8-9,11-12H2,1-3H3,(H,24,27)/t17-/m1/s1. The van der Waals surface area contributed by atoms with E-state index in [-0.39, 0.29) is 21.9 Å². The number of Topliss-reactive ketones (excluding diaryl/α,β-unsaturated/α-hetero) is 1. The topological polar surface area (TPSA) is 85.2 Å². The molecule has 2 aromatic rings. The highest BCUT2D eigenvalue weighted by Crippen LogP contribution is 2.35. The lowest BCUT2D eigenvalue weighted by molar-refractivity contribution is -0.112. The van der Waals surface area contributed by atoms with Crippen molar-refractivity contribution in [2.24, 2.45) is 5.41 Å². The van der Waals surface area contributed by atoms with E-state index in [4.69, 9.17) is 0 Å². The van der Waals surface area contributed by atoms with Gasteiger partial charge in [-0.3, -0.25) is 23.7 Å². The molecular weight excluding hydrogens is 400 g/mol. The summed E-state index contributed by atoms with van der Waals surface area (Å²) in [6.45, 7) is 5.96. The number of hydrogen-bond acceptors (Lipinski definition) is 5. The van der Waals surface area contributed by atoms with Crippen molar-refractivity contribution in [3.8, 4) is 5.69 Å². The monoisotopic (exact) mass is 424 g/mol. The molecule has 2 heterocycles. The summed E-state index contributed by atoms with van der Waals surface area (Å²) in [5, 5.41) is 2.58. The van der Waals surface area contributed by atoms with Gasteiger partial charge in [0.25, 0.3) is 11.5 Å². The molecule has 1 aliphatic carbocycles. The molecule has 1 saturated heterocycles. The number of aromatic nitrogens is 1. The summed E-state index contributed by atoms with van der Waals surface area (Å²) in [5.74, 6) is -0.0411. The number of amides is 1. The van der Waals surface area contributed by atoms with Gasteiger partial charge >= 0.3 is 0 Å². The number of nitrogens with zero attached hydrogens (tertiary/aromatic N) is 1. The Morgan fingerprint density at radius 2 is 1.83 bits per heavy atom. The predicted molar refractivity (Wildman–Crippen MR) is 117 cm³/mol. The van der Waals surface area contributed by atoms with Crippen LogP contribution in [0.5, 0.6) is 0 Å². The van der Waals surface area contributed by atoms with Crippen molar-refractivity contribution < 1.29 is 14.4 Å². The molecule has 0 unspecified atom stereocenters. The Bertz CT molecular complexity index is 1120. The number of ketones is 1. The fourth-order valence-corrected chi connectivity index (χ4v) is 5.04. The van der Waals surface area contributed by atoms with Gasteiger partial charge < -0.3 is 5.32 Å². The molecule has 4 rings (SSSR count). The molecular formula is C23H24N2O4S. The number of hydrogen-bond donors (Lipinski definition) is 1. The summed E-state index contributed by atoms with van der Waals surface area (Å²) in [4.78, 5) is 51.2. The molecule has 1 fully saturated rings. The Labute approximate surface area is 179 Å². The minimum atomic E-state index is -0.609. The lowest BCUT2D eigenvalue weighted by Gasteiger charge is -2.32. The second kappa shape index (κ2) is 7.54. The third-order valence-corrected chi connectivity index (χ3v) is 6.67. The Balaban J connectivity index is 1.88. The molecule has 1 amide bonds. The van der Waals surface area contributed by atoms with E-state index in [1.54, 1.807) is 0 Å². The van der Waals surface area contributed by atoms with Gasteiger partial charge in [0.05, 0.1) is 6.04 Å². The van der Waals surface area contributed by atoms with Gasteiger partial charge in [-0.15, -0.1) is 0 Å². The van der Waals surface area contributed by atoms with E-state index in [1.807, 2.05) is 45.0 Å². The fraction of sp³-hybridized carbons (Fsp3) is 0.391. The van der Waals surface area contributed by atoms with E-state index < -0.39 is 17.5 Å². The van der Waals surface area contributed by atoms with Crippen LogP contribution in [-0.2, 0) is 11.2 Å². The zero-order valence-electron chi connectivity index (χ0n) is 17.3. The first-order valence-corrected chi connectivity index (χ1v) is 11.0. The number of aryl methyl sites for hydroxylation is 1. The minimum absolute atomic E-state index is 0.0799. The van der Waals surface area contributed by atoms with E-state index in [9.17, 15) is 19.2 Å². The van der Waals surface area contributed by atoms with E-state index in [2.05, 4.69) is 5.32 Å². The molecule has 30 heavy (non-hydrogen) atoms. The first-order chi connectivity index (χ1) is 14.2. The normalized spacial score (nSPS) is 20.2. The fourth-order valence-electron chi connectivity index (χ4n) is 4.11. The molecule has 2 aliphatic rings. The molecule has 1 N–H and O–H groups in total. The smallest absolute Gasteiger partial charge is 0.268 e. The summed E-state index contributed by atoms with van der Waals surface area (Å²) in [7, 11) is 0. The number of thioether (sulfide) groups is 1. The molecule has 0 radical (unpaired) electrons. The molecule has 1 aromatic carbocycles. The highest BCUT2D eigenvalue weighted by atomic mass is 32.2. The van der Waals surface area contributed by atoms with Crippen molar-refractivity contribution in [1.82, 2.24) is 9.88 Å². The quantitative estimate of drug-likeness (QED) is 0.819. The van der Waals surface area contributed by atoms with Crippen molar-refractivity contribution in [2.75, 3.05) is 5.75 Å². The SMILES string of the molecule is Cc1ccc(-n2c3c(cc(C(=O)N[C@@H]4CCSC4=O)c2=O)C(=O)CC(C)(C)C3)cc1. The molecule has 1 aromatic heterocycles. The third-order valence-electron chi connectivity index (χ3n) is 5.67. The van der Waals surface area contributed by atoms with Gasteiger partial charge in [-0.25, -0.2) is 0 Å². The maximum atomic E-state index is 13.4. The van der Waals surface area contributed by atoms with Crippen LogP contribution in [0.1, 0.15) is 58.7 Å². The van der Waals surface area contributed by atoms with Crippen LogP contribution in [0.15, 0.2) is 35.1 Å². The van der Waals surface area contributed by atoms with Gasteiger partial charge in [-0.2, -0.15) is 0 Å². The summed E-state index contributed by atoms with van der Waals surface area (Å²) in [6.07, 6.45) is 1.45. The van der Waals surface area contributed by atoms with Crippen LogP contribution in [-0.4, -0.2) is 33.2 Å². The predicted octanol–water partition coefficient (Wildman–Crippen LogP) is 3.06. The number of fused-ring (bicyclic) bond motifs is 1. The van der Waals surface area contributed by atoms with Crippen molar-refractivity contribution in [3.05, 3.63) is 63.1 Å². The highest BCUT2D eigenvalue weighted by Gasteiger charge is 2.35. The second-order valence-corrected chi connectivity index (χ2v) is 9.92. The van der Waals surface area contributed by atoms with E-state index in [0.717, 1.165) is 5.56 Å². The zero-order chi connectivity index (χ0) is 21.6. The average Bonchev–Trinajstić information content (AvgIpc) is 3.06. The Morgan fingerprint density at radius 1 is 1.13 bits per heavy atom. The molecule has 0 saturated carbocycles. The van der Waals surface area contributed by atoms with Crippen molar-refractivity contribution in [2.45, 2.75) is 46.1 Å². The summed E-state index contributed by atoms with van der Waals surface area (Å²) in [5.41, 5.74) is 1.85. The number of nitrogens with one attached hydrogen (secondary N) is 1. The highest BCUT2D eigenvalue weighted by molar-refractivity contribution is 8.14. The Kier molecular flexibility index (Phi) is 5.18. The summed E-state index contributed by atoms with van der Waals surface area (Å²) < 4.78 is 1.49. The van der Waals surface area contributed by atoms with Crippen LogP contribution in [0.25, 0.3) is 5.69 Å². The maximum absolute atomic E-state index is 13.4. The van der Waals surface area contributed by atoms with Gasteiger partial charge in [-0.05, 0) is 43.4 Å². The molecule has 0 spiro atoms. The van der Waals surface area contributed by atoms with Crippen LogP contribution in [0, 0.1) is 12.3 Å². The molecule has 7 heteroatoms. The third kappa shape index (κ3) is 3.74. The van der Waals surface area contributed by atoms with Crippen LogP contribution in [0.2, 0.25) is 0 Å². The van der Waals surface area contributed by atoms with Crippen molar-refractivity contribution in [3.63, 3.8) is 0 Å². The summed E-state index contributed by atoms with van der Waals surface area (Å²) >= 11 is 1.18. The van der Waals surface area contributed by atoms with Crippen LogP contribution in [0.4, 0.5) is 0 Å². The number of carbonyl (C=O) groups excluding carboxylic acids is 3. The maximum Gasteiger partial charge on any atom is 0.268 e. The first-order valence-electron chi connectivity index (χ1n) is 10.0. The number of rotatable bonds is 3. The summed E-state index contributed by atoms with van der Waals surface area (Å²) in [6, 6.07) is 8.25. The number of pyridine rings is 1. The Morgan fingerprint density at radius 3 is 2.47 bits per heavy atom. The van der Waals surface area contributed by atoms with Gasteiger partial charge in [0.2, 0.25) is 5.12 Å². The van der Waals surface area contributed by atoms with Gasteiger partial charge in [0.15, 0.2) is 5.78 Å². The van der Waals surface area contributed by atoms with E-state index >= 15 is 0 Å². The molecule has 6 nitrogen and oxygen atoms in total. The van der Waals surface area contributed by atoms with E-state index in [0.29, 0.717) is 42.0 Å². The second-order valence-electron chi connectivity index (χ2n) is 8.82. The van der Waals surface area contributed by atoms with E-state index in [1.165, 1.54) is 22.4 Å². The van der Waals surface area contributed by atoms with Crippen LogP contribution in [0.3, 0.4) is 0 Å². The molecule has 0 bridgehead atoms. The van der Waals surface area contributed by atoms with Crippen molar-refractivity contribution >= 4 is 28.6 Å². The molecule has 156 valence electrons.